The highest BCUT2D eigenvalue weighted by atomic mass is 32.1. The molecule has 0 bridgehead atoms. The Morgan fingerprint density at radius 2 is 1.82 bits per heavy atom. The van der Waals surface area contributed by atoms with Gasteiger partial charge in [-0.1, -0.05) is 52.2 Å². The average molecular weight is 570 g/mol. The van der Waals surface area contributed by atoms with Gasteiger partial charge >= 0.3 is 5.97 Å². The van der Waals surface area contributed by atoms with Crippen LogP contribution in [-0.2, 0) is 25.4 Å². The van der Waals surface area contributed by atoms with Gasteiger partial charge in [-0.25, -0.2) is 4.79 Å². The molecule has 4 rings (SSSR count). The molecule has 0 aliphatic carbocycles. The molecule has 0 radical (unpaired) electrons. The minimum absolute atomic E-state index is 0.0687. The van der Waals surface area contributed by atoms with Gasteiger partial charge in [-0.3, -0.25) is 4.79 Å². The summed E-state index contributed by atoms with van der Waals surface area (Å²) >= 11 is 1.49. The predicted octanol–water partition coefficient (Wildman–Crippen LogP) is 8.04. The lowest BCUT2D eigenvalue weighted by Gasteiger charge is -2.25. The molecule has 6 nitrogen and oxygen atoms in total. The molecule has 0 spiro atoms. The highest BCUT2D eigenvalue weighted by molar-refractivity contribution is 7.13. The second-order valence-corrected chi connectivity index (χ2v) is 13.0. The predicted molar refractivity (Wildman–Crippen MR) is 161 cm³/mol. The third kappa shape index (κ3) is 7.95. The van der Waals surface area contributed by atoms with Gasteiger partial charge in [0.25, 0.3) is 0 Å². The highest BCUT2D eigenvalue weighted by Gasteiger charge is 2.41. The van der Waals surface area contributed by atoms with Gasteiger partial charge in [-0.2, -0.15) is 0 Å². The standard InChI is InChI=1S/C33H47NO5S/c1-6-8-9-11-23(3)24-14-16-26(17-15-24)34-25(18-21-31(34)35)12-10-13-27-19-20-30(40-27)32(36)37-22-29-28(7-2)38-33(4,5)39-29/h14-17,19-20,23,25,28-29H,6-13,18,21-22H2,1-5H3/t23-,25-,28-,29-/m0/s1. The van der Waals surface area contributed by atoms with Crippen LogP contribution in [0.15, 0.2) is 36.4 Å². The smallest absolute Gasteiger partial charge is 0.348 e. The van der Waals surface area contributed by atoms with Crippen LogP contribution in [0.1, 0.15) is 118 Å². The number of carbonyl (C=O) groups is 2. The molecular formula is C33H47NO5S. The van der Waals surface area contributed by atoms with Crippen molar-refractivity contribution in [2.45, 2.75) is 129 Å². The molecule has 0 N–H and O–H groups in total. The van der Waals surface area contributed by atoms with E-state index in [4.69, 9.17) is 14.2 Å². The quantitative estimate of drug-likeness (QED) is 0.170. The summed E-state index contributed by atoms with van der Waals surface area (Å²) in [6.07, 6.45) is 9.82. The molecule has 2 aromatic rings. The fourth-order valence-corrected chi connectivity index (χ4v) is 6.90. The molecule has 220 valence electrons. The van der Waals surface area contributed by atoms with E-state index in [1.54, 1.807) is 0 Å². The molecule has 1 aromatic carbocycles. The van der Waals surface area contributed by atoms with Crippen molar-refractivity contribution in [2.24, 2.45) is 0 Å². The Hall–Kier alpha value is -2.22. The molecule has 2 aliphatic rings. The van der Waals surface area contributed by atoms with E-state index in [1.165, 1.54) is 42.6 Å². The van der Waals surface area contributed by atoms with E-state index in [1.807, 2.05) is 37.8 Å². The Bertz CT molecular complexity index is 1110. The lowest BCUT2D eigenvalue weighted by Crippen LogP contribution is -2.32. The summed E-state index contributed by atoms with van der Waals surface area (Å²) < 4.78 is 17.4. The number of rotatable bonds is 14. The number of aryl methyl sites for hydroxylation is 1. The Balaban J connectivity index is 1.25. The van der Waals surface area contributed by atoms with Gasteiger partial charge in [0.05, 0.1) is 6.10 Å². The number of amides is 1. The molecule has 7 heteroatoms. The molecule has 2 fully saturated rings. The fraction of sp³-hybridized carbons (Fsp3) is 0.636. The second kappa shape index (κ2) is 14.1. The Morgan fingerprint density at radius 3 is 2.55 bits per heavy atom. The number of hydrogen-bond acceptors (Lipinski definition) is 6. The number of unbranched alkanes of at least 4 members (excludes halogenated alkanes) is 2. The van der Waals surface area contributed by atoms with E-state index in [0.29, 0.717) is 17.2 Å². The van der Waals surface area contributed by atoms with Gasteiger partial charge in [0.2, 0.25) is 5.91 Å². The molecule has 0 saturated carbocycles. The normalized spacial score (nSPS) is 23.1. The summed E-state index contributed by atoms with van der Waals surface area (Å²) in [6.45, 7) is 10.5. The summed E-state index contributed by atoms with van der Waals surface area (Å²) in [5.41, 5.74) is 2.37. The van der Waals surface area contributed by atoms with Crippen molar-refractivity contribution in [3.05, 3.63) is 51.7 Å². The maximum Gasteiger partial charge on any atom is 0.348 e. The van der Waals surface area contributed by atoms with Crippen LogP contribution in [0.5, 0.6) is 0 Å². The number of hydrogen-bond donors (Lipinski definition) is 0. The molecule has 2 aliphatic heterocycles. The maximum absolute atomic E-state index is 12.8. The molecule has 1 amide bonds. The van der Waals surface area contributed by atoms with Gasteiger partial charge in [-0.15, -0.1) is 11.3 Å². The van der Waals surface area contributed by atoms with Crippen molar-refractivity contribution in [3.8, 4) is 0 Å². The third-order valence-electron chi connectivity index (χ3n) is 8.20. The van der Waals surface area contributed by atoms with Gasteiger partial charge in [0.1, 0.15) is 17.6 Å². The van der Waals surface area contributed by atoms with Gasteiger partial charge < -0.3 is 19.1 Å². The van der Waals surface area contributed by atoms with Gasteiger partial charge in [-0.05, 0) is 88.1 Å². The number of nitrogens with zero attached hydrogens (tertiary/aromatic N) is 1. The van der Waals surface area contributed by atoms with E-state index in [-0.39, 0.29) is 36.7 Å². The lowest BCUT2D eigenvalue weighted by molar-refractivity contribution is -0.149. The van der Waals surface area contributed by atoms with E-state index < -0.39 is 5.79 Å². The number of thiophene rings is 1. The topological polar surface area (TPSA) is 65.1 Å². The van der Waals surface area contributed by atoms with Crippen LogP contribution in [0, 0.1) is 0 Å². The number of carbonyl (C=O) groups excluding carboxylic acids is 2. The third-order valence-corrected chi connectivity index (χ3v) is 9.32. The van der Waals surface area contributed by atoms with E-state index in [0.717, 1.165) is 42.7 Å². The van der Waals surface area contributed by atoms with Crippen molar-refractivity contribution < 1.29 is 23.8 Å². The summed E-state index contributed by atoms with van der Waals surface area (Å²) in [6, 6.07) is 12.8. The largest absolute Gasteiger partial charge is 0.459 e. The Morgan fingerprint density at radius 1 is 1.07 bits per heavy atom. The van der Waals surface area contributed by atoms with Crippen LogP contribution >= 0.6 is 11.3 Å². The van der Waals surface area contributed by atoms with Crippen LogP contribution in [0.25, 0.3) is 0 Å². The van der Waals surface area contributed by atoms with Crippen LogP contribution in [0.2, 0.25) is 0 Å². The minimum atomic E-state index is -0.650. The first-order valence-electron chi connectivity index (χ1n) is 15.2. The van der Waals surface area contributed by atoms with E-state index >= 15 is 0 Å². The average Bonchev–Trinajstić information content (AvgIpc) is 3.64. The molecule has 0 unspecified atom stereocenters. The first-order chi connectivity index (χ1) is 19.2. The van der Waals surface area contributed by atoms with Crippen molar-refractivity contribution >= 4 is 28.9 Å². The van der Waals surface area contributed by atoms with Crippen molar-refractivity contribution in [2.75, 3.05) is 11.5 Å². The second-order valence-electron chi connectivity index (χ2n) is 11.8. The van der Waals surface area contributed by atoms with Crippen molar-refractivity contribution in [1.29, 1.82) is 0 Å². The molecule has 3 heterocycles. The van der Waals surface area contributed by atoms with Gasteiger partial charge in [0.15, 0.2) is 5.79 Å². The molecule has 2 saturated heterocycles. The molecule has 4 atom stereocenters. The monoisotopic (exact) mass is 569 g/mol. The SMILES string of the molecule is CCCCC[C@H](C)c1ccc(N2C(=O)CC[C@@H]2CCCc2ccc(C(=O)OC[C@@H]3OC(C)(C)O[C@H]3CC)s2)cc1. The Kier molecular flexibility index (Phi) is 10.8. The zero-order chi connectivity index (χ0) is 28.7. The maximum atomic E-state index is 12.8. The van der Waals surface area contributed by atoms with Crippen LogP contribution in [-0.4, -0.2) is 42.5 Å². The summed E-state index contributed by atoms with van der Waals surface area (Å²) in [5.74, 6) is -0.192. The first-order valence-corrected chi connectivity index (χ1v) is 16.1. The summed E-state index contributed by atoms with van der Waals surface area (Å²) in [7, 11) is 0. The zero-order valence-electron chi connectivity index (χ0n) is 24.9. The minimum Gasteiger partial charge on any atom is -0.459 e. The molecule has 40 heavy (non-hydrogen) atoms. The number of ether oxygens (including phenoxy) is 3. The van der Waals surface area contributed by atoms with E-state index in [9.17, 15) is 9.59 Å². The number of esters is 1. The van der Waals surface area contributed by atoms with Crippen LogP contribution < -0.4 is 4.90 Å². The van der Waals surface area contributed by atoms with Crippen molar-refractivity contribution in [3.63, 3.8) is 0 Å². The first kappa shape index (κ1) is 30.7. The van der Waals surface area contributed by atoms with Crippen LogP contribution in [0.4, 0.5) is 5.69 Å². The zero-order valence-corrected chi connectivity index (χ0v) is 25.8. The fourth-order valence-electron chi connectivity index (χ4n) is 5.96. The summed E-state index contributed by atoms with van der Waals surface area (Å²) in [4.78, 5) is 29.2. The van der Waals surface area contributed by atoms with Gasteiger partial charge in [0, 0.05) is 23.0 Å². The molecular weight excluding hydrogens is 522 g/mol. The van der Waals surface area contributed by atoms with Crippen LogP contribution in [0.3, 0.4) is 0 Å². The Labute approximate surface area is 244 Å². The van der Waals surface area contributed by atoms with E-state index in [2.05, 4.69) is 38.1 Å². The lowest BCUT2D eigenvalue weighted by atomic mass is 9.95. The summed E-state index contributed by atoms with van der Waals surface area (Å²) in [5, 5.41) is 0. The highest BCUT2D eigenvalue weighted by Crippen LogP contribution is 2.33. The van der Waals surface area contributed by atoms with Crippen molar-refractivity contribution in [1.82, 2.24) is 0 Å². The molecule has 1 aromatic heterocycles. The number of benzene rings is 1. The number of anilines is 1.